The predicted molar refractivity (Wildman–Crippen MR) is 124 cm³/mol. The number of benzene rings is 2. The maximum atomic E-state index is 13.0. The Balaban J connectivity index is 1.75. The lowest BCUT2D eigenvalue weighted by Gasteiger charge is -2.30. The number of aromatic nitrogens is 1. The van der Waals surface area contributed by atoms with Crippen molar-refractivity contribution >= 4 is 28.6 Å². The fourth-order valence-corrected chi connectivity index (χ4v) is 3.94. The number of para-hydroxylation sites is 1. The van der Waals surface area contributed by atoms with E-state index < -0.39 is 12.0 Å². The Kier molecular flexibility index (Phi) is 6.07. The van der Waals surface area contributed by atoms with Crippen LogP contribution in [0.1, 0.15) is 29.7 Å². The zero-order chi connectivity index (χ0) is 22.7. The number of carbonyl (C=O) groups is 2. The lowest BCUT2D eigenvalue weighted by molar-refractivity contribution is -0.139. The number of anilines is 1. The molecule has 2 aromatic carbocycles. The molecule has 32 heavy (non-hydrogen) atoms. The normalized spacial score (nSPS) is 15.8. The topological polar surface area (TPSA) is 92.3 Å². The number of hydrogen-bond donors (Lipinski definition) is 3. The van der Waals surface area contributed by atoms with Gasteiger partial charge in [-0.3, -0.25) is 4.98 Å². The molecular weight excluding hydrogens is 404 g/mol. The Labute approximate surface area is 186 Å². The SMILES string of the molecule is CCOC(=O)C1=C(CNc2cccc3cccnc23)NC(=O)NC1c1cc(C)ccc1C. The van der Waals surface area contributed by atoms with Gasteiger partial charge in [-0.25, -0.2) is 9.59 Å². The van der Waals surface area contributed by atoms with Crippen molar-refractivity contribution in [1.29, 1.82) is 0 Å². The van der Waals surface area contributed by atoms with Gasteiger partial charge < -0.3 is 20.7 Å². The second-order valence-corrected chi connectivity index (χ2v) is 7.74. The minimum atomic E-state index is -0.606. The number of fused-ring (bicyclic) bond motifs is 1. The first kappa shape index (κ1) is 21.4. The van der Waals surface area contributed by atoms with E-state index in [4.69, 9.17) is 4.74 Å². The zero-order valence-electron chi connectivity index (χ0n) is 18.4. The molecule has 0 aliphatic carbocycles. The molecule has 1 atom stereocenters. The Morgan fingerprint density at radius 1 is 1.16 bits per heavy atom. The molecule has 1 aliphatic rings. The molecule has 0 bridgehead atoms. The summed E-state index contributed by atoms with van der Waals surface area (Å²) in [7, 11) is 0. The van der Waals surface area contributed by atoms with Crippen molar-refractivity contribution in [2.75, 3.05) is 18.5 Å². The number of nitrogens with one attached hydrogen (secondary N) is 3. The molecular formula is C25H26N4O3. The molecule has 0 radical (unpaired) electrons. The Morgan fingerprint density at radius 3 is 2.78 bits per heavy atom. The number of ether oxygens (including phenoxy) is 1. The Bertz CT molecular complexity index is 1210. The Morgan fingerprint density at radius 2 is 1.97 bits per heavy atom. The van der Waals surface area contributed by atoms with Gasteiger partial charge in [0, 0.05) is 11.6 Å². The largest absolute Gasteiger partial charge is 0.463 e. The molecule has 7 nitrogen and oxygen atoms in total. The highest BCUT2D eigenvalue weighted by atomic mass is 16.5. The standard InChI is InChI=1S/C25H26N4O3/c1-4-32-24(30)21-20(14-27-19-9-5-7-17-8-6-12-26-22(17)19)28-25(31)29-23(21)18-13-15(2)10-11-16(18)3/h5-13,23,27H,4,14H2,1-3H3,(H2,28,29,31). The molecule has 1 aromatic heterocycles. The lowest BCUT2D eigenvalue weighted by atomic mass is 9.91. The maximum Gasteiger partial charge on any atom is 0.338 e. The van der Waals surface area contributed by atoms with Gasteiger partial charge in [-0.15, -0.1) is 0 Å². The molecule has 0 saturated heterocycles. The van der Waals surface area contributed by atoms with E-state index in [2.05, 4.69) is 20.9 Å². The van der Waals surface area contributed by atoms with Crippen molar-refractivity contribution in [3.05, 3.63) is 82.7 Å². The summed E-state index contributed by atoms with van der Waals surface area (Å²) in [5, 5.41) is 10.0. The molecule has 2 amide bonds. The molecule has 1 unspecified atom stereocenters. The first-order chi connectivity index (χ1) is 15.5. The van der Waals surface area contributed by atoms with Crippen LogP contribution in [-0.4, -0.2) is 30.1 Å². The van der Waals surface area contributed by atoms with E-state index in [1.807, 2.05) is 62.4 Å². The third kappa shape index (κ3) is 4.27. The fraction of sp³-hybridized carbons (Fsp3) is 0.240. The van der Waals surface area contributed by atoms with Crippen LogP contribution >= 0.6 is 0 Å². The monoisotopic (exact) mass is 430 g/mol. The van der Waals surface area contributed by atoms with Crippen LogP contribution in [-0.2, 0) is 9.53 Å². The van der Waals surface area contributed by atoms with Crippen LogP contribution in [0.4, 0.5) is 10.5 Å². The maximum absolute atomic E-state index is 13.0. The summed E-state index contributed by atoms with van der Waals surface area (Å²) >= 11 is 0. The first-order valence-electron chi connectivity index (χ1n) is 10.6. The molecule has 3 N–H and O–H groups in total. The number of amides is 2. The van der Waals surface area contributed by atoms with Crippen LogP contribution in [0.15, 0.2) is 66.0 Å². The minimum Gasteiger partial charge on any atom is -0.463 e. The minimum absolute atomic E-state index is 0.235. The molecule has 2 heterocycles. The van der Waals surface area contributed by atoms with Crippen LogP contribution in [0.2, 0.25) is 0 Å². The summed E-state index contributed by atoms with van der Waals surface area (Å²) in [5.41, 5.74) is 5.40. The lowest BCUT2D eigenvalue weighted by Crippen LogP contribution is -2.47. The molecule has 0 spiro atoms. The Hall–Kier alpha value is -3.87. The smallest absolute Gasteiger partial charge is 0.338 e. The van der Waals surface area contributed by atoms with E-state index in [0.29, 0.717) is 11.3 Å². The van der Waals surface area contributed by atoms with Crippen molar-refractivity contribution in [2.45, 2.75) is 26.8 Å². The van der Waals surface area contributed by atoms with Crippen molar-refractivity contribution in [3.8, 4) is 0 Å². The summed E-state index contributed by atoms with van der Waals surface area (Å²) in [6.07, 6.45) is 1.74. The van der Waals surface area contributed by atoms with Crippen LogP contribution < -0.4 is 16.0 Å². The first-order valence-corrected chi connectivity index (χ1v) is 10.6. The summed E-state index contributed by atoms with van der Waals surface area (Å²) in [6.45, 7) is 6.18. The summed E-state index contributed by atoms with van der Waals surface area (Å²) in [6, 6.07) is 14.7. The number of aryl methyl sites for hydroxylation is 2. The van der Waals surface area contributed by atoms with E-state index in [0.717, 1.165) is 33.3 Å². The third-order valence-electron chi connectivity index (χ3n) is 5.48. The molecule has 164 valence electrons. The predicted octanol–water partition coefficient (Wildman–Crippen LogP) is 4.13. The van der Waals surface area contributed by atoms with Gasteiger partial charge in [0.05, 0.1) is 41.7 Å². The number of urea groups is 1. The highest BCUT2D eigenvalue weighted by Crippen LogP contribution is 2.31. The van der Waals surface area contributed by atoms with Crippen LogP contribution in [0.5, 0.6) is 0 Å². The van der Waals surface area contributed by atoms with Gasteiger partial charge in [-0.2, -0.15) is 0 Å². The molecule has 3 aromatic rings. The van der Waals surface area contributed by atoms with Crippen molar-refractivity contribution < 1.29 is 14.3 Å². The molecule has 0 fully saturated rings. The van der Waals surface area contributed by atoms with Gasteiger partial charge in [-0.1, -0.05) is 42.0 Å². The van der Waals surface area contributed by atoms with Gasteiger partial charge >= 0.3 is 12.0 Å². The van der Waals surface area contributed by atoms with Crippen LogP contribution in [0, 0.1) is 13.8 Å². The highest BCUT2D eigenvalue weighted by molar-refractivity contribution is 5.96. The van der Waals surface area contributed by atoms with E-state index in [9.17, 15) is 9.59 Å². The van der Waals surface area contributed by atoms with E-state index in [1.54, 1.807) is 13.1 Å². The number of rotatable bonds is 6. The van der Waals surface area contributed by atoms with E-state index >= 15 is 0 Å². The second-order valence-electron chi connectivity index (χ2n) is 7.74. The molecule has 7 heteroatoms. The number of hydrogen-bond acceptors (Lipinski definition) is 5. The highest BCUT2D eigenvalue weighted by Gasteiger charge is 2.34. The van der Waals surface area contributed by atoms with Gasteiger partial charge in [-0.05, 0) is 44.0 Å². The number of esters is 1. The van der Waals surface area contributed by atoms with E-state index in [-0.39, 0.29) is 19.2 Å². The zero-order valence-corrected chi connectivity index (χ0v) is 18.4. The third-order valence-corrected chi connectivity index (χ3v) is 5.48. The van der Waals surface area contributed by atoms with Gasteiger partial charge in [0.15, 0.2) is 0 Å². The van der Waals surface area contributed by atoms with Gasteiger partial charge in [0.1, 0.15) is 0 Å². The number of nitrogens with zero attached hydrogens (tertiary/aromatic N) is 1. The molecule has 1 aliphatic heterocycles. The van der Waals surface area contributed by atoms with Crippen LogP contribution in [0.25, 0.3) is 10.9 Å². The van der Waals surface area contributed by atoms with Gasteiger partial charge in [0.2, 0.25) is 0 Å². The molecule has 4 rings (SSSR count). The summed E-state index contributed by atoms with van der Waals surface area (Å²) in [4.78, 5) is 30.0. The fourth-order valence-electron chi connectivity index (χ4n) is 3.94. The van der Waals surface area contributed by atoms with Gasteiger partial charge in [0.25, 0.3) is 0 Å². The second kappa shape index (κ2) is 9.09. The number of pyridine rings is 1. The van der Waals surface area contributed by atoms with E-state index in [1.165, 1.54) is 0 Å². The summed E-state index contributed by atoms with van der Waals surface area (Å²) in [5.74, 6) is -0.459. The van der Waals surface area contributed by atoms with Crippen molar-refractivity contribution in [2.24, 2.45) is 0 Å². The van der Waals surface area contributed by atoms with Crippen molar-refractivity contribution in [1.82, 2.24) is 15.6 Å². The number of carbonyl (C=O) groups excluding carboxylic acids is 2. The molecule has 0 saturated carbocycles. The summed E-state index contributed by atoms with van der Waals surface area (Å²) < 4.78 is 5.36. The van der Waals surface area contributed by atoms with Crippen LogP contribution in [0.3, 0.4) is 0 Å². The average Bonchev–Trinajstić information content (AvgIpc) is 2.79. The average molecular weight is 431 g/mol. The quantitative estimate of drug-likeness (QED) is 0.511. The van der Waals surface area contributed by atoms with Crippen molar-refractivity contribution in [3.63, 3.8) is 0 Å².